The summed E-state index contributed by atoms with van der Waals surface area (Å²) in [6.45, 7) is 0.795. The van der Waals surface area contributed by atoms with Gasteiger partial charge in [-0.15, -0.1) is 0 Å². The number of hydrogen-bond acceptors (Lipinski definition) is 5. The average molecular weight is 256 g/mol. The van der Waals surface area contributed by atoms with E-state index >= 15 is 0 Å². The fourth-order valence-electron chi connectivity index (χ4n) is 2.06. The minimum atomic E-state index is -0.825. The van der Waals surface area contributed by atoms with Gasteiger partial charge in [-0.1, -0.05) is 0 Å². The summed E-state index contributed by atoms with van der Waals surface area (Å²) in [5.74, 6) is -0.667. The van der Waals surface area contributed by atoms with E-state index < -0.39 is 22.9 Å². The minimum Gasteiger partial charge on any atom is -0.389 e. The van der Waals surface area contributed by atoms with Gasteiger partial charge in [0, 0.05) is 25.7 Å². The fourth-order valence-corrected chi connectivity index (χ4v) is 2.06. The number of aliphatic hydroxyl groups is 2. The molecule has 0 aromatic heterocycles. The smallest absolute Gasteiger partial charge is 0.272 e. The second-order valence-electron chi connectivity index (χ2n) is 4.40. The quantitative estimate of drug-likeness (QED) is 0.599. The van der Waals surface area contributed by atoms with Crippen LogP contribution in [-0.2, 0) is 6.54 Å². The zero-order valence-corrected chi connectivity index (χ0v) is 9.49. The van der Waals surface area contributed by atoms with Gasteiger partial charge in [-0.05, 0) is 11.6 Å². The first-order chi connectivity index (χ1) is 8.45. The van der Waals surface area contributed by atoms with Gasteiger partial charge in [-0.25, -0.2) is 4.39 Å². The monoisotopic (exact) mass is 256 g/mol. The maximum Gasteiger partial charge on any atom is 0.272 e. The third kappa shape index (κ3) is 2.81. The Bertz CT molecular complexity index is 458. The van der Waals surface area contributed by atoms with Gasteiger partial charge < -0.3 is 10.2 Å². The number of halogens is 1. The second kappa shape index (κ2) is 4.97. The maximum atomic E-state index is 13.2. The van der Waals surface area contributed by atoms with Crippen LogP contribution in [0.15, 0.2) is 18.2 Å². The van der Waals surface area contributed by atoms with Crippen LogP contribution >= 0.6 is 0 Å². The Kier molecular flexibility index (Phi) is 3.55. The number of nitro groups is 1. The predicted molar refractivity (Wildman–Crippen MR) is 60.3 cm³/mol. The normalized spacial score (nSPS) is 24.4. The first-order valence-electron chi connectivity index (χ1n) is 5.48. The Hall–Kier alpha value is -1.57. The molecule has 0 aliphatic carbocycles. The summed E-state index contributed by atoms with van der Waals surface area (Å²) in [4.78, 5) is 11.7. The lowest BCUT2D eigenvalue weighted by atomic mass is 10.2. The summed E-state index contributed by atoms with van der Waals surface area (Å²) in [7, 11) is 0. The number of nitrogens with zero attached hydrogens (tertiary/aromatic N) is 2. The number of β-amino-alcohol motifs (C(OH)–C–C–N with tert-alkyl or cyclic N) is 2. The van der Waals surface area contributed by atoms with E-state index in [1.165, 1.54) is 12.1 Å². The summed E-state index contributed by atoms with van der Waals surface area (Å²) in [5, 5.41) is 29.3. The van der Waals surface area contributed by atoms with Crippen LogP contribution in [0, 0.1) is 15.9 Å². The van der Waals surface area contributed by atoms with Crippen molar-refractivity contribution in [1.29, 1.82) is 0 Å². The number of hydrogen-bond donors (Lipinski definition) is 2. The van der Waals surface area contributed by atoms with Crippen molar-refractivity contribution in [2.75, 3.05) is 13.1 Å². The maximum absolute atomic E-state index is 13.2. The topological polar surface area (TPSA) is 86.8 Å². The van der Waals surface area contributed by atoms with Gasteiger partial charge in [0.15, 0.2) is 0 Å². The molecule has 1 aromatic carbocycles. The molecule has 2 atom stereocenters. The van der Waals surface area contributed by atoms with E-state index in [1.54, 1.807) is 4.90 Å². The van der Waals surface area contributed by atoms with Crippen LogP contribution in [0.4, 0.5) is 10.1 Å². The largest absolute Gasteiger partial charge is 0.389 e. The lowest BCUT2D eigenvalue weighted by Crippen LogP contribution is -2.22. The number of non-ortho nitro benzene ring substituents is 1. The molecule has 0 unspecified atom stereocenters. The molecule has 1 aliphatic rings. The van der Waals surface area contributed by atoms with E-state index in [1.807, 2.05) is 0 Å². The molecule has 1 aromatic rings. The number of rotatable bonds is 3. The van der Waals surface area contributed by atoms with Crippen LogP contribution in [0.25, 0.3) is 0 Å². The van der Waals surface area contributed by atoms with Crippen molar-refractivity contribution in [3.63, 3.8) is 0 Å². The zero-order valence-electron chi connectivity index (χ0n) is 9.49. The van der Waals surface area contributed by atoms with E-state index in [0.29, 0.717) is 5.56 Å². The molecule has 0 radical (unpaired) electrons. The molecule has 2 N–H and O–H groups in total. The lowest BCUT2D eigenvalue weighted by molar-refractivity contribution is -0.385. The van der Waals surface area contributed by atoms with E-state index in [2.05, 4.69) is 0 Å². The number of likely N-dealkylation sites (tertiary alicyclic amines) is 1. The van der Waals surface area contributed by atoms with Gasteiger partial charge in [0.1, 0.15) is 5.82 Å². The highest BCUT2D eigenvalue weighted by molar-refractivity contribution is 5.35. The van der Waals surface area contributed by atoms with Crippen molar-refractivity contribution in [1.82, 2.24) is 4.90 Å². The zero-order chi connectivity index (χ0) is 13.3. The van der Waals surface area contributed by atoms with Crippen LogP contribution in [0.2, 0.25) is 0 Å². The van der Waals surface area contributed by atoms with Crippen molar-refractivity contribution < 1.29 is 19.5 Å². The van der Waals surface area contributed by atoms with E-state index in [4.69, 9.17) is 0 Å². The van der Waals surface area contributed by atoms with Gasteiger partial charge in [0.2, 0.25) is 0 Å². The molecule has 0 spiro atoms. The average Bonchev–Trinajstić information content (AvgIpc) is 2.56. The highest BCUT2D eigenvalue weighted by atomic mass is 19.1. The van der Waals surface area contributed by atoms with Crippen LogP contribution in [0.1, 0.15) is 5.56 Å². The summed E-state index contributed by atoms with van der Waals surface area (Å²) < 4.78 is 13.2. The Balaban J connectivity index is 2.12. The molecule has 0 saturated carbocycles. The van der Waals surface area contributed by atoms with Crippen molar-refractivity contribution >= 4 is 5.69 Å². The molecule has 1 aliphatic heterocycles. The van der Waals surface area contributed by atoms with E-state index in [0.717, 1.165) is 6.07 Å². The van der Waals surface area contributed by atoms with Crippen molar-refractivity contribution in [2.24, 2.45) is 0 Å². The third-order valence-corrected chi connectivity index (χ3v) is 2.89. The van der Waals surface area contributed by atoms with E-state index in [-0.39, 0.29) is 25.3 Å². The minimum absolute atomic E-state index is 0.257. The van der Waals surface area contributed by atoms with Crippen LogP contribution in [-0.4, -0.2) is 45.3 Å². The molecule has 7 heteroatoms. The fraction of sp³-hybridized carbons (Fsp3) is 0.455. The summed E-state index contributed by atoms with van der Waals surface area (Å²) in [6, 6.07) is 3.36. The predicted octanol–water partition coefficient (Wildman–Crippen LogP) is 0.271. The lowest BCUT2D eigenvalue weighted by Gasteiger charge is -2.14. The van der Waals surface area contributed by atoms with Gasteiger partial charge in [-0.3, -0.25) is 15.0 Å². The van der Waals surface area contributed by atoms with Gasteiger partial charge >= 0.3 is 0 Å². The van der Waals surface area contributed by atoms with Gasteiger partial charge in [0.05, 0.1) is 23.2 Å². The number of aliphatic hydroxyl groups excluding tert-OH is 2. The van der Waals surface area contributed by atoms with Gasteiger partial charge in [-0.2, -0.15) is 0 Å². The molecular formula is C11H13FN2O4. The molecule has 0 amide bonds. The molecule has 6 nitrogen and oxygen atoms in total. The summed E-state index contributed by atoms with van der Waals surface area (Å²) in [6.07, 6.45) is -1.65. The van der Waals surface area contributed by atoms with Crippen molar-refractivity contribution in [2.45, 2.75) is 18.8 Å². The molecule has 98 valence electrons. The number of benzene rings is 1. The SMILES string of the molecule is O=[N+]([O-])c1cc(F)cc(CN2C[C@@H](O)[C@@H](O)C2)c1. The van der Waals surface area contributed by atoms with Crippen molar-refractivity contribution in [3.8, 4) is 0 Å². The highest BCUT2D eigenvalue weighted by Crippen LogP contribution is 2.19. The molecule has 1 heterocycles. The molecule has 1 fully saturated rings. The first kappa shape index (κ1) is 12.9. The molecule has 1 saturated heterocycles. The first-order valence-corrected chi connectivity index (χ1v) is 5.48. The Labute approximate surface area is 102 Å². The summed E-state index contributed by atoms with van der Waals surface area (Å²) in [5.41, 5.74) is 0.147. The Morgan fingerprint density at radius 1 is 1.33 bits per heavy atom. The van der Waals surface area contributed by atoms with E-state index in [9.17, 15) is 24.7 Å². The Morgan fingerprint density at radius 3 is 2.50 bits per heavy atom. The van der Waals surface area contributed by atoms with Crippen LogP contribution in [0.5, 0.6) is 0 Å². The second-order valence-corrected chi connectivity index (χ2v) is 4.40. The standard InChI is InChI=1S/C11H13FN2O4/c12-8-1-7(2-9(3-8)14(17)18)4-13-5-10(15)11(16)6-13/h1-3,10-11,15-16H,4-6H2/t10-,11+. The Morgan fingerprint density at radius 2 is 1.94 bits per heavy atom. The molecular weight excluding hydrogens is 243 g/mol. The number of nitro benzene ring substituents is 1. The molecule has 18 heavy (non-hydrogen) atoms. The van der Waals surface area contributed by atoms with Crippen molar-refractivity contribution in [3.05, 3.63) is 39.7 Å². The summed E-state index contributed by atoms with van der Waals surface area (Å²) >= 11 is 0. The van der Waals surface area contributed by atoms with Crippen LogP contribution in [0.3, 0.4) is 0 Å². The van der Waals surface area contributed by atoms with Crippen LogP contribution < -0.4 is 0 Å². The molecule has 2 rings (SSSR count). The highest BCUT2D eigenvalue weighted by Gasteiger charge is 2.29. The molecule has 0 bridgehead atoms. The third-order valence-electron chi connectivity index (χ3n) is 2.89. The van der Waals surface area contributed by atoms with Gasteiger partial charge in [0.25, 0.3) is 5.69 Å².